The lowest BCUT2D eigenvalue weighted by Gasteiger charge is -2.16. The first kappa shape index (κ1) is 17.9. The summed E-state index contributed by atoms with van der Waals surface area (Å²) in [5, 5.41) is 2.54. The van der Waals surface area contributed by atoms with Crippen LogP contribution in [0, 0.1) is 0 Å². The number of nitrogens with zero attached hydrogens (tertiary/aromatic N) is 1. The third kappa shape index (κ3) is 4.83. The predicted octanol–water partition coefficient (Wildman–Crippen LogP) is 3.30. The van der Waals surface area contributed by atoms with E-state index in [0.717, 1.165) is 26.1 Å². The minimum absolute atomic E-state index is 0.122. The van der Waals surface area contributed by atoms with Gasteiger partial charge < -0.3 is 9.47 Å². The Kier molecular flexibility index (Phi) is 5.86. The molecular formula is C20H22N2O4. The first-order chi connectivity index (χ1) is 12.6. The van der Waals surface area contributed by atoms with Gasteiger partial charge in [-0.3, -0.25) is 10.2 Å². The van der Waals surface area contributed by atoms with Gasteiger partial charge in [0.1, 0.15) is 6.10 Å². The van der Waals surface area contributed by atoms with Crippen LogP contribution in [0.2, 0.25) is 0 Å². The van der Waals surface area contributed by atoms with E-state index in [0.29, 0.717) is 11.3 Å². The Hall–Kier alpha value is -2.86. The molecule has 3 rings (SSSR count). The lowest BCUT2D eigenvalue weighted by molar-refractivity contribution is 0.0320. The van der Waals surface area contributed by atoms with Gasteiger partial charge in [0, 0.05) is 25.3 Å². The number of hydrogen-bond donors (Lipinski definition) is 1. The predicted molar refractivity (Wildman–Crippen MR) is 98.0 cm³/mol. The molecule has 26 heavy (non-hydrogen) atoms. The molecule has 1 atom stereocenters. The molecule has 0 aliphatic carbocycles. The number of likely N-dealkylation sites (tertiary alicyclic amines) is 1. The molecule has 0 saturated carbocycles. The van der Waals surface area contributed by atoms with Gasteiger partial charge in [0.25, 0.3) is 0 Å². The fraction of sp³-hybridized carbons (Fsp3) is 0.300. The van der Waals surface area contributed by atoms with Crippen molar-refractivity contribution in [2.45, 2.75) is 19.1 Å². The van der Waals surface area contributed by atoms with Gasteiger partial charge in [0.2, 0.25) is 0 Å². The monoisotopic (exact) mass is 354 g/mol. The van der Waals surface area contributed by atoms with Crippen LogP contribution < -0.4 is 5.32 Å². The SMILES string of the molecule is COC(=O)Nc1cccc(C(=O)O[C@@H]2CCN(Cc3ccccc3)C2)c1. The number of nitrogens with one attached hydrogen (secondary N) is 1. The molecule has 1 N–H and O–H groups in total. The number of esters is 1. The summed E-state index contributed by atoms with van der Waals surface area (Å²) in [6.45, 7) is 2.48. The zero-order valence-corrected chi connectivity index (χ0v) is 14.7. The summed E-state index contributed by atoms with van der Waals surface area (Å²) in [6, 6.07) is 16.9. The van der Waals surface area contributed by atoms with Gasteiger partial charge in [0.15, 0.2) is 0 Å². The van der Waals surface area contributed by atoms with E-state index >= 15 is 0 Å². The van der Waals surface area contributed by atoms with E-state index in [1.165, 1.54) is 12.7 Å². The molecule has 0 spiro atoms. The molecule has 0 unspecified atom stereocenters. The second kappa shape index (κ2) is 8.49. The molecule has 1 saturated heterocycles. The van der Waals surface area contributed by atoms with Crippen molar-refractivity contribution >= 4 is 17.7 Å². The normalized spacial score (nSPS) is 16.9. The summed E-state index contributed by atoms with van der Waals surface area (Å²) in [5.41, 5.74) is 2.14. The van der Waals surface area contributed by atoms with Crippen molar-refractivity contribution in [1.29, 1.82) is 0 Å². The molecule has 0 radical (unpaired) electrons. The van der Waals surface area contributed by atoms with E-state index in [2.05, 4.69) is 27.1 Å². The molecule has 0 aromatic heterocycles. The Morgan fingerprint density at radius 3 is 2.73 bits per heavy atom. The van der Waals surface area contributed by atoms with Crippen LogP contribution in [0.4, 0.5) is 10.5 Å². The largest absolute Gasteiger partial charge is 0.457 e. The van der Waals surface area contributed by atoms with E-state index in [4.69, 9.17) is 4.74 Å². The highest BCUT2D eigenvalue weighted by Crippen LogP contribution is 2.18. The highest BCUT2D eigenvalue weighted by atomic mass is 16.5. The third-order valence-corrected chi connectivity index (χ3v) is 4.28. The van der Waals surface area contributed by atoms with Crippen molar-refractivity contribution in [2.24, 2.45) is 0 Å². The fourth-order valence-corrected chi connectivity index (χ4v) is 2.99. The van der Waals surface area contributed by atoms with Crippen LogP contribution >= 0.6 is 0 Å². The first-order valence-electron chi connectivity index (χ1n) is 8.56. The van der Waals surface area contributed by atoms with Crippen LogP contribution in [-0.4, -0.2) is 43.3 Å². The van der Waals surface area contributed by atoms with Crippen molar-refractivity contribution in [1.82, 2.24) is 4.90 Å². The Balaban J connectivity index is 1.54. The van der Waals surface area contributed by atoms with E-state index < -0.39 is 6.09 Å². The lowest BCUT2D eigenvalue weighted by Crippen LogP contribution is -2.24. The Morgan fingerprint density at radius 1 is 1.15 bits per heavy atom. The number of carbonyl (C=O) groups is 2. The zero-order chi connectivity index (χ0) is 18.4. The Bertz CT molecular complexity index is 763. The van der Waals surface area contributed by atoms with Crippen molar-refractivity contribution in [3.05, 3.63) is 65.7 Å². The molecular weight excluding hydrogens is 332 g/mol. The minimum Gasteiger partial charge on any atom is -0.457 e. The number of carbonyl (C=O) groups excluding carboxylic acids is 2. The van der Waals surface area contributed by atoms with Gasteiger partial charge in [-0.1, -0.05) is 36.4 Å². The van der Waals surface area contributed by atoms with E-state index in [9.17, 15) is 9.59 Å². The molecule has 1 aliphatic heterocycles. The maximum absolute atomic E-state index is 12.4. The molecule has 6 heteroatoms. The molecule has 2 aromatic carbocycles. The topological polar surface area (TPSA) is 67.9 Å². The van der Waals surface area contributed by atoms with Crippen molar-refractivity contribution in [3.8, 4) is 0 Å². The molecule has 1 fully saturated rings. The summed E-state index contributed by atoms with van der Waals surface area (Å²) in [6.07, 6.45) is 0.116. The number of amides is 1. The summed E-state index contributed by atoms with van der Waals surface area (Å²) in [5.74, 6) is -0.384. The van der Waals surface area contributed by atoms with Crippen molar-refractivity contribution < 1.29 is 19.1 Å². The number of methoxy groups -OCH3 is 1. The van der Waals surface area contributed by atoms with Crippen molar-refractivity contribution in [2.75, 3.05) is 25.5 Å². The van der Waals surface area contributed by atoms with Gasteiger partial charge in [-0.25, -0.2) is 9.59 Å². The highest BCUT2D eigenvalue weighted by molar-refractivity contribution is 5.92. The maximum Gasteiger partial charge on any atom is 0.411 e. The Labute approximate surface area is 152 Å². The summed E-state index contributed by atoms with van der Waals surface area (Å²) < 4.78 is 10.2. The summed E-state index contributed by atoms with van der Waals surface area (Å²) >= 11 is 0. The lowest BCUT2D eigenvalue weighted by atomic mass is 10.2. The number of ether oxygens (including phenoxy) is 2. The van der Waals surface area contributed by atoms with E-state index in [-0.39, 0.29) is 12.1 Å². The minimum atomic E-state index is -0.581. The number of hydrogen-bond acceptors (Lipinski definition) is 5. The second-order valence-corrected chi connectivity index (χ2v) is 6.23. The van der Waals surface area contributed by atoms with Crippen LogP contribution in [0.3, 0.4) is 0 Å². The number of benzene rings is 2. The molecule has 1 amide bonds. The van der Waals surface area contributed by atoms with Crippen LogP contribution in [0.5, 0.6) is 0 Å². The molecule has 136 valence electrons. The molecule has 1 heterocycles. The zero-order valence-electron chi connectivity index (χ0n) is 14.7. The second-order valence-electron chi connectivity index (χ2n) is 6.23. The third-order valence-electron chi connectivity index (χ3n) is 4.28. The Morgan fingerprint density at radius 2 is 1.96 bits per heavy atom. The van der Waals surface area contributed by atoms with Crippen LogP contribution in [0.15, 0.2) is 54.6 Å². The smallest absolute Gasteiger partial charge is 0.411 e. The molecule has 0 bridgehead atoms. The maximum atomic E-state index is 12.4. The molecule has 6 nitrogen and oxygen atoms in total. The van der Waals surface area contributed by atoms with Gasteiger partial charge in [0.05, 0.1) is 12.7 Å². The van der Waals surface area contributed by atoms with Gasteiger partial charge in [-0.2, -0.15) is 0 Å². The van der Waals surface area contributed by atoms with Gasteiger partial charge in [-0.15, -0.1) is 0 Å². The first-order valence-corrected chi connectivity index (χ1v) is 8.56. The average Bonchev–Trinajstić information content (AvgIpc) is 3.09. The van der Waals surface area contributed by atoms with E-state index in [1.807, 2.05) is 18.2 Å². The average molecular weight is 354 g/mol. The van der Waals surface area contributed by atoms with Gasteiger partial charge >= 0.3 is 12.1 Å². The standard InChI is InChI=1S/C20H22N2O4/c1-25-20(24)21-17-9-5-8-16(12-17)19(23)26-18-10-11-22(14-18)13-15-6-3-2-4-7-15/h2-9,12,18H,10-11,13-14H2,1H3,(H,21,24)/t18-/m1/s1. The number of rotatable bonds is 5. The van der Waals surface area contributed by atoms with E-state index in [1.54, 1.807) is 24.3 Å². The van der Waals surface area contributed by atoms with Crippen LogP contribution in [-0.2, 0) is 16.0 Å². The molecule has 1 aliphatic rings. The van der Waals surface area contributed by atoms with Crippen LogP contribution in [0.25, 0.3) is 0 Å². The quantitative estimate of drug-likeness (QED) is 0.835. The molecule has 2 aromatic rings. The van der Waals surface area contributed by atoms with Gasteiger partial charge in [-0.05, 0) is 30.2 Å². The highest BCUT2D eigenvalue weighted by Gasteiger charge is 2.26. The number of anilines is 1. The van der Waals surface area contributed by atoms with Crippen molar-refractivity contribution in [3.63, 3.8) is 0 Å². The fourth-order valence-electron chi connectivity index (χ4n) is 2.99. The van der Waals surface area contributed by atoms with Crippen LogP contribution in [0.1, 0.15) is 22.3 Å². The summed E-state index contributed by atoms with van der Waals surface area (Å²) in [4.78, 5) is 25.9. The summed E-state index contributed by atoms with van der Waals surface area (Å²) in [7, 11) is 1.29.